The molecule has 0 unspecified atom stereocenters. The van der Waals surface area contributed by atoms with Crippen LogP contribution in [0.4, 0.5) is 0 Å². The molecule has 0 heterocycles. The van der Waals surface area contributed by atoms with Crippen molar-refractivity contribution in [1.82, 2.24) is 0 Å². The Hall–Kier alpha value is -1.26. The van der Waals surface area contributed by atoms with Gasteiger partial charge in [-0.05, 0) is 53.1 Å². The monoisotopic (exact) mass is 370 g/mol. The molecule has 0 spiro atoms. The Morgan fingerprint density at radius 1 is 1.33 bits per heavy atom. The van der Waals surface area contributed by atoms with E-state index < -0.39 is 0 Å². The van der Waals surface area contributed by atoms with Gasteiger partial charge in [0.15, 0.2) is 5.78 Å². The second-order valence-electron chi connectivity index (χ2n) is 4.74. The first-order valence-electron chi connectivity index (χ1n) is 6.57. The number of carbonyl (C=O) groups excluding carboxylic acids is 1. The van der Waals surface area contributed by atoms with Gasteiger partial charge in [0.05, 0.1) is 23.5 Å². The van der Waals surface area contributed by atoms with E-state index in [0.29, 0.717) is 27.4 Å². The zero-order chi connectivity index (χ0) is 15.4. The highest BCUT2D eigenvalue weighted by Gasteiger charge is 2.17. The highest BCUT2D eigenvalue weighted by atomic mass is 79.9. The van der Waals surface area contributed by atoms with Gasteiger partial charge in [-0.15, -0.1) is 0 Å². The smallest absolute Gasteiger partial charge is 0.164 e. The average molecular weight is 372 g/mol. The van der Waals surface area contributed by atoms with Crippen LogP contribution in [0.15, 0.2) is 40.1 Å². The summed E-state index contributed by atoms with van der Waals surface area (Å²) in [5, 5.41) is 0.438. The maximum atomic E-state index is 11.8. The number of benzene rings is 1. The Kier molecular flexibility index (Phi) is 5.48. The fraction of sp³-hybridized carbons (Fsp3) is 0.312. The first kappa shape index (κ1) is 16.1. The van der Waals surface area contributed by atoms with Crippen molar-refractivity contribution in [3.63, 3.8) is 0 Å². The Labute approximate surface area is 137 Å². The van der Waals surface area contributed by atoms with Crippen LogP contribution in [0.25, 0.3) is 0 Å². The minimum absolute atomic E-state index is 0.0847. The van der Waals surface area contributed by atoms with Crippen LogP contribution in [-0.2, 0) is 4.74 Å². The molecule has 0 amide bonds. The van der Waals surface area contributed by atoms with Crippen molar-refractivity contribution in [2.24, 2.45) is 0 Å². The molecule has 2 rings (SSSR count). The summed E-state index contributed by atoms with van der Waals surface area (Å²) in [6, 6.07) is 3.46. The summed E-state index contributed by atoms with van der Waals surface area (Å²) in [5.41, 5.74) is 1.62. The number of hydrogen-bond donors (Lipinski definition) is 0. The van der Waals surface area contributed by atoms with Crippen molar-refractivity contribution in [2.75, 3.05) is 13.7 Å². The first-order valence-corrected chi connectivity index (χ1v) is 7.74. The van der Waals surface area contributed by atoms with Gasteiger partial charge in [0.1, 0.15) is 12.4 Å². The molecule has 21 heavy (non-hydrogen) atoms. The molecule has 0 fully saturated rings. The van der Waals surface area contributed by atoms with Gasteiger partial charge < -0.3 is 9.47 Å². The van der Waals surface area contributed by atoms with Crippen LogP contribution in [0.5, 0.6) is 5.75 Å². The van der Waals surface area contributed by atoms with E-state index in [1.54, 1.807) is 19.2 Å². The van der Waals surface area contributed by atoms with Crippen LogP contribution in [0, 0.1) is 0 Å². The van der Waals surface area contributed by atoms with Gasteiger partial charge in [-0.1, -0.05) is 17.7 Å². The van der Waals surface area contributed by atoms with E-state index in [2.05, 4.69) is 15.9 Å². The zero-order valence-corrected chi connectivity index (χ0v) is 14.3. The summed E-state index contributed by atoms with van der Waals surface area (Å²) in [7, 11) is 1.67. The van der Waals surface area contributed by atoms with Crippen molar-refractivity contribution in [3.8, 4) is 5.75 Å². The molecule has 1 aliphatic rings. The van der Waals surface area contributed by atoms with Crippen LogP contribution in [0.3, 0.4) is 0 Å². The van der Waals surface area contributed by atoms with Gasteiger partial charge in [0.2, 0.25) is 0 Å². The van der Waals surface area contributed by atoms with E-state index in [1.807, 2.05) is 12.2 Å². The quantitative estimate of drug-likeness (QED) is 0.688. The third-order valence-electron chi connectivity index (χ3n) is 3.27. The Morgan fingerprint density at radius 3 is 2.67 bits per heavy atom. The molecule has 112 valence electrons. The molecule has 0 saturated carbocycles. The van der Waals surface area contributed by atoms with Gasteiger partial charge in [-0.3, -0.25) is 4.79 Å². The topological polar surface area (TPSA) is 35.5 Å². The number of ether oxygens (including phenoxy) is 2. The molecule has 0 atom stereocenters. The molecule has 1 aromatic carbocycles. The predicted octanol–water partition coefficient (Wildman–Crippen LogP) is 4.93. The minimum Gasteiger partial charge on any atom is -0.501 e. The Balaban J connectivity index is 2.18. The van der Waals surface area contributed by atoms with E-state index in [9.17, 15) is 4.79 Å². The normalized spacial score (nSPS) is 14.3. The van der Waals surface area contributed by atoms with Crippen LogP contribution >= 0.6 is 27.5 Å². The number of hydrogen-bond acceptors (Lipinski definition) is 3. The van der Waals surface area contributed by atoms with Crippen LogP contribution in [0.2, 0.25) is 5.02 Å². The largest absolute Gasteiger partial charge is 0.501 e. The summed E-state index contributed by atoms with van der Waals surface area (Å²) in [5.74, 6) is 1.31. The lowest BCUT2D eigenvalue weighted by Gasteiger charge is -2.17. The van der Waals surface area contributed by atoms with E-state index >= 15 is 0 Å². The molecule has 5 heteroatoms. The zero-order valence-electron chi connectivity index (χ0n) is 11.9. The fourth-order valence-corrected chi connectivity index (χ4v) is 2.92. The van der Waals surface area contributed by atoms with Gasteiger partial charge >= 0.3 is 0 Å². The summed E-state index contributed by atoms with van der Waals surface area (Å²) in [6.07, 6.45) is 5.66. The number of ketones is 1. The number of halogens is 2. The lowest BCUT2D eigenvalue weighted by Crippen LogP contribution is -2.08. The Morgan fingerprint density at radius 2 is 2.10 bits per heavy atom. The number of allylic oxidation sites excluding steroid dienone is 3. The maximum Gasteiger partial charge on any atom is 0.164 e. The fourth-order valence-electron chi connectivity index (χ4n) is 2.12. The SMILES string of the molecule is COC1=CC=C(COc2c(Cl)ccc(Br)c2C(C)=O)CC1. The molecule has 1 aliphatic carbocycles. The Bertz CT molecular complexity index is 620. The molecule has 0 N–H and O–H groups in total. The third-order valence-corrected chi connectivity index (χ3v) is 4.23. The molecule has 1 aromatic rings. The third kappa shape index (κ3) is 3.89. The number of carbonyl (C=O) groups is 1. The van der Waals surface area contributed by atoms with Gasteiger partial charge in [-0.2, -0.15) is 0 Å². The van der Waals surface area contributed by atoms with Crippen molar-refractivity contribution in [1.29, 1.82) is 0 Å². The summed E-state index contributed by atoms with van der Waals surface area (Å²) < 4.78 is 11.7. The second-order valence-corrected chi connectivity index (χ2v) is 6.00. The molecule has 0 aromatic heterocycles. The van der Waals surface area contributed by atoms with E-state index in [0.717, 1.165) is 24.2 Å². The number of Topliss-reactive ketones (excluding diaryl/α,β-unsaturated/α-hetero) is 1. The highest BCUT2D eigenvalue weighted by Crippen LogP contribution is 2.35. The van der Waals surface area contributed by atoms with Crippen LogP contribution < -0.4 is 4.74 Å². The minimum atomic E-state index is -0.0847. The van der Waals surface area contributed by atoms with Gasteiger partial charge in [0.25, 0.3) is 0 Å². The average Bonchev–Trinajstić information content (AvgIpc) is 2.48. The number of methoxy groups -OCH3 is 1. The molecule has 0 radical (unpaired) electrons. The lowest BCUT2D eigenvalue weighted by molar-refractivity contribution is 0.101. The van der Waals surface area contributed by atoms with Gasteiger partial charge in [-0.25, -0.2) is 0 Å². The summed E-state index contributed by atoms with van der Waals surface area (Å²) >= 11 is 9.52. The van der Waals surface area contributed by atoms with E-state index in [1.165, 1.54) is 6.92 Å². The van der Waals surface area contributed by atoms with Gasteiger partial charge in [0, 0.05) is 10.9 Å². The van der Waals surface area contributed by atoms with Crippen LogP contribution in [0.1, 0.15) is 30.1 Å². The summed E-state index contributed by atoms with van der Waals surface area (Å²) in [6.45, 7) is 1.90. The molecular formula is C16H16BrClO3. The summed E-state index contributed by atoms with van der Waals surface area (Å²) in [4.78, 5) is 11.8. The van der Waals surface area contributed by atoms with E-state index in [4.69, 9.17) is 21.1 Å². The number of rotatable bonds is 5. The van der Waals surface area contributed by atoms with Crippen molar-refractivity contribution < 1.29 is 14.3 Å². The highest BCUT2D eigenvalue weighted by molar-refractivity contribution is 9.10. The van der Waals surface area contributed by atoms with E-state index in [-0.39, 0.29) is 5.78 Å². The predicted molar refractivity (Wildman–Crippen MR) is 87.1 cm³/mol. The molecule has 0 aliphatic heterocycles. The van der Waals surface area contributed by atoms with Crippen molar-refractivity contribution >= 4 is 33.3 Å². The molecule has 0 bridgehead atoms. The molecule has 0 saturated heterocycles. The van der Waals surface area contributed by atoms with Crippen LogP contribution in [-0.4, -0.2) is 19.5 Å². The maximum absolute atomic E-state index is 11.8. The van der Waals surface area contributed by atoms with Crippen molar-refractivity contribution in [3.05, 3.63) is 50.7 Å². The standard InChI is InChI=1S/C16H16BrClO3/c1-10(19)15-13(17)7-8-14(18)16(15)21-9-11-3-5-12(20-2)6-4-11/h3,5,7-8H,4,6,9H2,1-2H3. The van der Waals surface area contributed by atoms with Crippen molar-refractivity contribution in [2.45, 2.75) is 19.8 Å². The first-order chi connectivity index (χ1) is 10.0. The lowest BCUT2D eigenvalue weighted by atomic mass is 10.0. The second kappa shape index (κ2) is 7.14. The molecule has 3 nitrogen and oxygen atoms in total. The molecular weight excluding hydrogens is 356 g/mol.